The Morgan fingerprint density at radius 1 is 1.27 bits per heavy atom. The van der Waals surface area contributed by atoms with Crippen molar-refractivity contribution < 1.29 is 14.6 Å². The molecule has 0 atom stereocenters. The highest BCUT2D eigenvalue weighted by Crippen LogP contribution is 2.28. The number of nitrogens with zero attached hydrogens (tertiary/aromatic N) is 1. The highest BCUT2D eigenvalue weighted by atomic mass is 35.5. The van der Waals surface area contributed by atoms with Gasteiger partial charge < -0.3 is 9.84 Å². The van der Waals surface area contributed by atoms with E-state index >= 15 is 0 Å². The van der Waals surface area contributed by atoms with Gasteiger partial charge in [-0.3, -0.25) is 4.79 Å². The molecule has 0 saturated carbocycles. The summed E-state index contributed by atoms with van der Waals surface area (Å²) in [6.45, 7) is 0. The molecular weight excluding hydrogens is 370 g/mol. The van der Waals surface area contributed by atoms with Gasteiger partial charge in [0.15, 0.2) is 0 Å². The summed E-state index contributed by atoms with van der Waals surface area (Å²) in [5, 5.41) is 12.6. The molecule has 0 fully saturated rings. The van der Waals surface area contributed by atoms with Crippen LogP contribution in [0.25, 0.3) is 23.4 Å². The van der Waals surface area contributed by atoms with Crippen LogP contribution in [0.2, 0.25) is 5.02 Å². The maximum atomic E-state index is 11.0. The normalized spacial score (nSPS) is 11.0. The summed E-state index contributed by atoms with van der Waals surface area (Å²) in [5.74, 6) is -0.337. The second-order valence-corrected chi connectivity index (χ2v) is 6.88. The molecule has 0 saturated heterocycles. The number of benzene rings is 2. The molecule has 0 aliphatic rings. The van der Waals surface area contributed by atoms with Crippen molar-refractivity contribution in [2.24, 2.45) is 0 Å². The summed E-state index contributed by atoms with van der Waals surface area (Å²) in [7, 11) is 1.53. The fourth-order valence-electron chi connectivity index (χ4n) is 2.51. The average Bonchev–Trinajstić information content (AvgIpc) is 3.08. The van der Waals surface area contributed by atoms with Crippen LogP contribution in [-0.2, 0) is 11.2 Å². The van der Waals surface area contributed by atoms with E-state index < -0.39 is 5.97 Å². The van der Waals surface area contributed by atoms with Crippen molar-refractivity contribution in [2.45, 2.75) is 6.42 Å². The number of hydrogen-bond donors (Lipinski definition) is 1. The predicted molar refractivity (Wildman–Crippen MR) is 106 cm³/mol. The van der Waals surface area contributed by atoms with Crippen molar-refractivity contribution in [1.82, 2.24) is 4.98 Å². The maximum Gasteiger partial charge on any atom is 0.307 e. The molecule has 132 valence electrons. The van der Waals surface area contributed by atoms with Gasteiger partial charge in [-0.25, -0.2) is 4.98 Å². The van der Waals surface area contributed by atoms with Crippen molar-refractivity contribution in [3.05, 3.63) is 69.0 Å². The van der Waals surface area contributed by atoms with Crippen LogP contribution < -0.4 is 4.74 Å². The van der Waals surface area contributed by atoms with Gasteiger partial charge in [-0.2, -0.15) is 0 Å². The van der Waals surface area contributed by atoms with E-state index in [1.807, 2.05) is 53.9 Å². The number of methoxy groups -OCH3 is 1. The maximum absolute atomic E-state index is 11.0. The first kappa shape index (κ1) is 18.2. The Morgan fingerprint density at radius 2 is 2.12 bits per heavy atom. The average molecular weight is 386 g/mol. The SMILES string of the molecule is COc1ccc(-c2csc(/C=C/c3cccc(Cl)c3)n2)cc1CC(=O)O. The van der Waals surface area contributed by atoms with E-state index in [0.29, 0.717) is 16.3 Å². The molecule has 0 aliphatic carbocycles. The standard InChI is InChI=1S/C20H16ClNO3S/c1-25-18-7-6-14(10-15(18)11-20(23)24)17-12-26-19(22-17)8-5-13-3-2-4-16(21)9-13/h2-10,12H,11H2,1H3,(H,23,24)/b8-5+. The topological polar surface area (TPSA) is 59.4 Å². The Bertz CT molecular complexity index is 965. The van der Waals surface area contributed by atoms with Crippen molar-refractivity contribution in [3.8, 4) is 17.0 Å². The monoisotopic (exact) mass is 385 g/mol. The molecule has 1 N–H and O–H groups in total. The molecule has 0 radical (unpaired) electrons. The summed E-state index contributed by atoms with van der Waals surface area (Å²) in [6, 6.07) is 13.0. The van der Waals surface area contributed by atoms with Crippen LogP contribution in [0.15, 0.2) is 47.8 Å². The molecule has 2 aromatic carbocycles. The van der Waals surface area contributed by atoms with Crippen molar-refractivity contribution in [2.75, 3.05) is 7.11 Å². The van der Waals surface area contributed by atoms with Gasteiger partial charge in [-0.1, -0.05) is 29.8 Å². The highest BCUT2D eigenvalue weighted by molar-refractivity contribution is 7.10. The predicted octanol–water partition coefficient (Wildman–Crippen LogP) is 5.27. The third-order valence-electron chi connectivity index (χ3n) is 3.71. The molecule has 0 unspecified atom stereocenters. The summed E-state index contributed by atoms with van der Waals surface area (Å²) < 4.78 is 5.24. The minimum atomic E-state index is -0.899. The first-order valence-electron chi connectivity index (χ1n) is 7.83. The number of ether oxygens (including phenoxy) is 1. The molecular formula is C20H16ClNO3S. The number of halogens is 1. The zero-order chi connectivity index (χ0) is 18.5. The van der Waals surface area contributed by atoms with E-state index in [9.17, 15) is 4.79 Å². The second-order valence-electron chi connectivity index (χ2n) is 5.56. The van der Waals surface area contributed by atoms with E-state index in [2.05, 4.69) is 4.98 Å². The summed E-state index contributed by atoms with van der Waals surface area (Å²) >= 11 is 7.51. The fraction of sp³-hybridized carbons (Fsp3) is 0.100. The Balaban J connectivity index is 1.84. The van der Waals surface area contributed by atoms with Gasteiger partial charge in [-0.05, 0) is 42.0 Å². The van der Waals surface area contributed by atoms with Crippen molar-refractivity contribution in [1.29, 1.82) is 0 Å². The minimum Gasteiger partial charge on any atom is -0.496 e. The third-order valence-corrected chi connectivity index (χ3v) is 4.75. The van der Waals surface area contributed by atoms with E-state index in [1.54, 1.807) is 6.07 Å². The minimum absolute atomic E-state index is 0.0946. The first-order valence-corrected chi connectivity index (χ1v) is 9.09. The number of rotatable bonds is 6. The van der Waals surface area contributed by atoms with Gasteiger partial charge in [-0.15, -0.1) is 11.3 Å². The molecule has 3 aromatic rings. The Morgan fingerprint density at radius 3 is 2.85 bits per heavy atom. The summed E-state index contributed by atoms with van der Waals surface area (Å²) in [6.07, 6.45) is 3.79. The summed E-state index contributed by atoms with van der Waals surface area (Å²) in [4.78, 5) is 15.6. The lowest BCUT2D eigenvalue weighted by Crippen LogP contribution is -2.02. The smallest absolute Gasteiger partial charge is 0.307 e. The van der Waals surface area contributed by atoms with Gasteiger partial charge >= 0.3 is 5.97 Å². The van der Waals surface area contributed by atoms with Crippen LogP contribution in [0, 0.1) is 0 Å². The number of carbonyl (C=O) groups is 1. The molecule has 3 rings (SSSR count). The van der Waals surface area contributed by atoms with Gasteiger partial charge in [0.25, 0.3) is 0 Å². The van der Waals surface area contributed by atoms with Gasteiger partial charge in [0.2, 0.25) is 0 Å². The molecule has 0 aliphatic heterocycles. The highest BCUT2D eigenvalue weighted by Gasteiger charge is 2.11. The number of hydrogen-bond acceptors (Lipinski definition) is 4. The molecule has 1 aromatic heterocycles. The van der Waals surface area contributed by atoms with E-state index in [0.717, 1.165) is 21.8 Å². The van der Waals surface area contributed by atoms with E-state index in [-0.39, 0.29) is 6.42 Å². The Kier molecular flexibility index (Phi) is 5.71. The molecule has 0 amide bonds. The van der Waals surface area contributed by atoms with E-state index in [4.69, 9.17) is 21.4 Å². The molecule has 6 heteroatoms. The number of thiazole rings is 1. The van der Waals surface area contributed by atoms with Crippen molar-refractivity contribution >= 4 is 41.1 Å². The van der Waals surface area contributed by atoms with Gasteiger partial charge in [0.05, 0.1) is 19.2 Å². The number of aromatic nitrogens is 1. The lowest BCUT2D eigenvalue weighted by molar-refractivity contribution is -0.136. The molecule has 0 bridgehead atoms. The van der Waals surface area contributed by atoms with Crippen molar-refractivity contribution in [3.63, 3.8) is 0 Å². The van der Waals surface area contributed by atoms with Crippen LogP contribution in [0.1, 0.15) is 16.1 Å². The fourth-order valence-corrected chi connectivity index (χ4v) is 3.43. The van der Waals surface area contributed by atoms with Crippen LogP contribution in [0.4, 0.5) is 0 Å². The van der Waals surface area contributed by atoms with Crippen LogP contribution in [0.5, 0.6) is 5.75 Å². The number of aliphatic carboxylic acids is 1. The summed E-state index contributed by atoms with van der Waals surface area (Å²) in [5.41, 5.74) is 3.29. The lowest BCUT2D eigenvalue weighted by atomic mass is 10.1. The second kappa shape index (κ2) is 8.17. The van der Waals surface area contributed by atoms with Crippen LogP contribution >= 0.6 is 22.9 Å². The van der Waals surface area contributed by atoms with Gasteiger partial charge in [0.1, 0.15) is 10.8 Å². The third kappa shape index (κ3) is 4.50. The van der Waals surface area contributed by atoms with Crippen LogP contribution in [-0.4, -0.2) is 23.2 Å². The molecule has 0 spiro atoms. The number of carboxylic acids is 1. The zero-order valence-electron chi connectivity index (χ0n) is 14.0. The largest absolute Gasteiger partial charge is 0.496 e. The van der Waals surface area contributed by atoms with E-state index in [1.165, 1.54) is 18.4 Å². The Labute approximate surface area is 160 Å². The molecule has 1 heterocycles. The lowest BCUT2D eigenvalue weighted by Gasteiger charge is -2.08. The number of carboxylic acid groups (broad SMARTS) is 1. The first-order chi connectivity index (χ1) is 12.5. The quantitative estimate of drug-likeness (QED) is 0.628. The van der Waals surface area contributed by atoms with Crippen LogP contribution in [0.3, 0.4) is 0 Å². The zero-order valence-corrected chi connectivity index (χ0v) is 15.6. The molecule has 4 nitrogen and oxygen atoms in total. The van der Waals surface area contributed by atoms with Gasteiger partial charge in [0, 0.05) is 21.5 Å². The molecule has 26 heavy (non-hydrogen) atoms. The Hall–Kier alpha value is -2.63.